The summed E-state index contributed by atoms with van der Waals surface area (Å²) in [6.07, 6.45) is 1.60. The Balaban J connectivity index is 1.50. The van der Waals surface area contributed by atoms with Gasteiger partial charge in [-0.25, -0.2) is 4.98 Å². The van der Waals surface area contributed by atoms with Crippen LogP contribution in [-0.2, 0) is 4.79 Å². The van der Waals surface area contributed by atoms with Crippen molar-refractivity contribution in [3.05, 3.63) is 41.4 Å². The Morgan fingerprint density at radius 2 is 2.00 bits per heavy atom. The van der Waals surface area contributed by atoms with Gasteiger partial charge in [-0.05, 0) is 49.2 Å². The molecule has 1 aromatic carbocycles. The Hall–Kier alpha value is -2.47. The standard InChI is InChI=1S/C17H18ClN3O3/c18-12-3-5-13(6-4-12)23-10-2-1-9-21-16(22)11-24-14-7-8-15(19)20-17(14)21/h3-8H,1-2,9-11H2,(H2,19,20). The topological polar surface area (TPSA) is 77.7 Å². The van der Waals surface area contributed by atoms with E-state index >= 15 is 0 Å². The number of hydrogen-bond acceptors (Lipinski definition) is 5. The molecule has 24 heavy (non-hydrogen) atoms. The largest absolute Gasteiger partial charge is 0.494 e. The number of unbranched alkanes of at least 4 members (excludes halogenated alkanes) is 1. The molecule has 0 spiro atoms. The number of nitrogens with zero attached hydrogens (tertiary/aromatic N) is 2. The van der Waals surface area contributed by atoms with Gasteiger partial charge >= 0.3 is 0 Å². The molecular formula is C17H18ClN3O3. The van der Waals surface area contributed by atoms with Gasteiger partial charge in [-0.15, -0.1) is 0 Å². The monoisotopic (exact) mass is 347 g/mol. The molecule has 6 nitrogen and oxygen atoms in total. The Morgan fingerprint density at radius 3 is 2.79 bits per heavy atom. The van der Waals surface area contributed by atoms with Crippen LogP contribution in [0.5, 0.6) is 11.5 Å². The van der Waals surface area contributed by atoms with E-state index in [1.54, 1.807) is 29.2 Å². The van der Waals surface area contributed by atoms with Crippen molar-refractivity contribution in [2.24, 2.45) is 0 Å². The van der Waals surface area contributed by atoms with Crippen molar-refractivity contribution >= 4 is 29.1 Å². The highest BCUT2D eigenvalue weighted by Crippen LogP contribution is 2.30. The predicted molar refractivity (Wildman–Crippen MR) is 92.7 cm³/mol. The van der Waals surface area contributed by atoms with E-state index < -0.39 is 0 Å². The number of ether oxygens (including phenoxy) is 2. The highest BCUT2D eigenvalue weighted by atomic mass is 35.5. The molecule has 0 fully saturated rings. The second-order valence-electron chi connectivity index (χ2n) is 5.40. The lowest BCUT2D eigenvalue weighted by Gasteiger charge is -2.28. The Labute approximate surface area is 145 Å². The molecule has 0 unspecified atom stereocenters. The van der Waals surface area contributed by atoms with E-state index in [1.807, 2.05) is 12.1 Å². The van der Waals surface area contributed by atoms with Crippen molar-refractivity contribution in [3.63, 3.8) is 0 Å². The molecule has 0 saturated heterocycles. The van der Waals surface area contributed by atoms with Crippen LogP contribution in [-0.4, -0.2) is 30.6 Å². The molecule has 7 heteroatoms. The van der Waals surface area contributed by atoms with Gasteiger partial charge in [-0.3, -0.25) is 9.69 Å². The molecule has 1 aliphatic rings. The van der Waals surface area contributed by atoms with Crippen molar-refractivity contribution in [2.75, 3.05) is 30.4 Å². The number of aromatic nitrogens is 1. The summed E-state index contributed by atoms with van der Waals surface area (Å²) >= 11 is 5.83. The van der Waals surface area contributed by atoms with Crippen LogP contribution in [0.25, 0.3) is 0 Å². The van der Waals surface area contributed by atoms with Gasteiger partial charge in [-0.2, -0.15) is 0 Å². The van der Waals surface area contributed by atoms with Gasteiger partial charge < -0.3 is 15.2 Å². The van der Waals surface area contributed by atoms with Crippen molar-refractivity contribution in [3.8, 4) is 11.5 Å². The quantitative estimate of drug-likeness (QED) is 0.813. The minimum Gasteiger partial charge on any atom is -0.494 e. The molecule has 1 amide bonds. The van der Waals surface area contributed by atoms with E-state index in [0.717, 1.165) is 18.6 Å². The number of hydrogen-bond donors (Lipinski definition) is 1. The van der Waals surface area contributed by atoms with E-state index in [9.17, 15) is 4.79 Å². The van der Waals surface area contributed by atoms with Crippen LogP contribution in [0.15, 0.2) is 36.4 Å². The number of halogens is 1. The molecule has 1 aliphatic heterocycles. The number of nitrogen functional groups attached to an aromatic ring is 1. The normalized spacial score (nSPS) is 13.4. The summed E-state index contributed by atoms with van der Waals surface area (Å²) in [6.45, 7) is 1.15. The lowest BCUT2D eigenvalue weighted by atomic mass is 10.2. The maximum absolute atomic E-state index is 12.1. The van der Waals surface area contributed by atoms with Crippen LogP contribution in [0.1, 0.15) is 12.8 Å². The Morgan fingerprint density at radius 1 is 1.21 bits per heavy atom. The van der Waals surface area contributed by atoms with Crippen LogP contribution in [0.4, 0.5) is 11.6 Å². The number of nitrogens with two attached hydrogens (primary N) is 1. The Kier molecular flexibility index (Phi) is 5.05. The first-order valence-electron chi connectivity index (χ1n) is 7.71. The number of rotatable bonds is 6. The van der Waals surface area contributed by atoms with Crippen molar-refractivity contribution < 1.29 is 14.3 Å². The summed E-state index contributed by atoms with van der Waals surface area (Å²) < 4.78 is 11.0. The Bertz CT molecular complexity index is 722. The average molecular weight is 348 g/mol. The fourth-order valence-electron chi connectivity index (χ4n) is 2.42. The third kappa shape index (κ3) is 3.89. The van der Waals surface area contributed by atoms with Gasteiger partial charge in [0.05, 0.1) is 6.61 Å². The summed E-state index contributed by atoms with van der Waals surface area (Å²) in [5, 5.41) is 0.679. The summed E-state index contributed by atoms with van der Waals surface area (Å²) in [5.41, 5.74) is 5.71. The molecule has 2 aromatic rings. The summed E-state index contributed by atoms with van der Waals surface area (Å²) in [7, 11) is 0. The lowest BCUT2D eigenvalue weighted by Crippen LogP contribution is -2.40. The first-order chi connectivity index (χ1) is 11.6. The third-order valence-electron chi connectivity index (χ3n) is 3.63. The molecule has 0 atom stereocenters. The SMILES string of the molecule is Nc1ccc2c(n1)N(CCCCOc1ccc(Cl)cc1)C(=O)CO2. The van der Waals surface area contributed by atoms with Gasteiger partial charge in [0.1, 0.15) is 11.6 Å². The van der Waals surface area contributed by atoms with Crippen molar-refractivity contribution in [1.29, 1.82) is 0 Å². The third-order valence-corrected chi connectivity index (χ3v) is 3.88. The average Bonchev–Trinajstić information content (AvgIpc) is 2.58. The number of pyridine rings is 1. The van der Waals surface area contributed by atoms with Gasteiger partial charge in [0, 0.05) is 11.6 Å². The summed E-state index contributed by atoms with van der Waals surface area (Å²) in [4.78, 5) is 17.9. The second kappa shape index (κ2) is 7.40. The molecule has 126 valence electrons. The fourth-order valence-corrected chi connectivity index (χ4v) is 2.54. The van der Waals surface area contributed by atoms with Crippen molar-refractivity contribution in [2.45, 2.75) is 12.8 Å². The molecule has 0 aliphatic carbocycles. The highest BCUT2D eigenvalue weighted by molar-refractivity contribution is 6.30. The zero-order valence-electron chi connectivity index (χ0n) is 13.1. The molecular weight excluding hydrogens is 330 g/mol. The smallest absolute Gasteiger partial charge is 0.266 e. The molecule has 0 bridgehead atoms. The van der Waals surface area contributed by atoms with Crippen LogP contribution >= 0.6 is 11.6 Å². The van der Waals surface area contributed by atoms with Gasteiger partial charge in [0.15, 0.2) is 18.2 Å². The zero-order chi connectivity index (χ0) is 16.9. The lowest BCUT2D eigenvalue weighted by molar-refractivity contribution is -0.121. The minimum absolute atomic E-state index is 0.0277. The minimum atomic E-state index is -0.112. The molecule has 0 radical (unpaired) electrons. The maximum Gasteiger partial charge on any atom is 0.266 e. The predicted octanol–water partition coefficient (Wildman–Crippen LogP) is 2.90. The number of benzene rings is 1. The van der Waals surface area contributed by atoms with Gasteiger partial charge in [0.2, 0.25) is 0 Å². The molecule has 1 aromatic heterocycles. The fraction of sp³-hybridized carbons (Fsp3) is 0.294. The molecule has 2 N–H and O–H groups in total. The van der Waals surface area contributed by atoms with E-state index in [-0.39, 0.29) is 12.5 Å². The zero-order valence-corrected chi connectivity index (χ0v) is 13.8. The van der Waals surface area contributed by atoms with Crippen molar-refractivity contribution in [1.82, 2.24) is 4.98 Å². The highest BCUT2D eigenvalue weighted by Gasteiger charge is 2.26. The van der Waals surface area contributed by atoms with E-state index in [2.05, 4.69) is 4.98 Å². The van der Waals surface area contributed by atoms with Gasteiger partial charge in [-0.1, -0.05) is 11.6 Å². The van der Waals surface area contributed by atoms with E-state index in [1.165, 1.54) is 0 Å². The number of carbonyl (C=O) groups excluding carboxylic acids is 1. The van der Waals surface area contributed by atoms with Gasteiger partial charge in [0.25, 0.3) is 5.91 Å². The number of amides is 1. The van der Waals surface area contributed by atoms with E-state index in [4.69, 9.17) is 26.8 Å². The van der Waals surface area contributed by atoms with Crippen LogP contribution < -0.4 is 20.1 Å². The first-order valence-corrected chi connectivity index (χ1v) is 8.09. The van der Waals surface area contributed by atoms with Crippen LogP contribution in [0.3, 0.4) is 0 Å². The second-order valence-corrected chi connectivity index (χ2v) is 5.84. The first kappa shape index (κ1) is 16.4. The molecule has 0 saturated carbocycles. The molecule has 3 rings (SSSR count). The maximum atomic E-state index is 12.1. The van der Waals surface area contributed by atoms with Crippen LogP contribution in [0, 0.1) is 0 Å². The number of fused-ring (bicyclic) bond motifs is 1. The summed E-state index contributed by atoms with van der Waals surface area (Å²) in [6, 6.07) is 10.6. The summed E-state index contributed by atoms with van der Waals surface area (Å²) in [5.74, 6) is 2.11. The number of carbonyl (C=O) groups is 1. The van der Waals surface area contributed by atoms with Crippen LogP contribution in [0.2, 0.25) is 5.02 Å². The molecule has 2 heterocycles. The van der Waals surface area contributed by atoms with E-state index in [0.29, 0.717) is 35.6 Å². The number of anilines is 2.